The van der Waals surface area contributed by atoms with Crippen molar-refractivity contribution in [2.45, 2.75) is 51.5 Å². The van der Waals surface area contributed by atoms with Crippen molar-refractivity contribution in [3.05, 3.63) is 0 Å². The molecule has 9 heteroatoms. The zero-order valence-electron chi connectivity index (χ0n) is 16.6. The van der Waals surface area contributed by atoms with Crippen molar-refractivity contribution in [2.75, 3.05) is 44.9 Å². The second-order valence-corrected chi connectivity index (χ2v) is 9.86. The van der Waals surface area contributed by atoms with E-state index >= 15 is 0 Å². The summed E-state index contributed by atoms with van der Waals surface area (Å²) in [6.45, 7) is 4.74. The van der Waals surface area contributed by atoms with Gasteiger partial charge in [0, 0.05) is 45.8 Å². The highest BCUT2D eigenvalue weighted by Gasteiger charge is 2.36. The minimum Gasteiger partial charge on any atom is -0.385 e. The van der Waals surface area contributed by atoms with Crippen LogP contribution in [0, 0.1) is 5.41 Å². The maximum atomic E-state index is 12.0. The molecule has 0 aromatic carbocycles. The molecule has 2 fully saturated rings. The van der Waals surface area contributed by atoms with Crippen LogP contribution >= 0.6 is 0 Å². The Bertz CT molecular complexity index is 617. The number of nitrogens with zero attached hydrogens (tertiary/aromatic N) is 1. The van der Waals surface area contributed by atoms with Crippen LogP contribution in [0.4, 0.5) is 0 Å². The molecule has 27 heavy (non-hydrogen) atoms. The average molecular weight is 403 g/mol. The molecular weight excluding hydrogens is 368 g/mol. The predicted molar refractivity (Wildman–Crippen MR) is 107 cm³/mol. The summed E-state index contributed by atoms with van der Waals surface area (Å²) in [5.74, 6) is 0.811. The van der Waals surface area contributed by atoms with Gasteiger partial charge in [-0.05, 0) is 38.0 Å². The molecule has 8 nitrogen and oxygen atoms in total. The summed E-state index contributed by atoms with van der Waals surface area (Å²) >= 11 is 0. The van der Waals surface area contributed by atoms with Crippen molar-refractivity contribution in [1.29, 1.82) is 0 Å². The van der Waals surface area contributed by atoms with Gasteiger partial charge in [-0.25, -0.2) is 8.42 Å². The fourth-order valence-corrected chi connectivity index (χ4v) is 5.25. The minimum absolute atomic E-state index is 0.0554. The second-order valence-electron chi connectivity index (χ2n) is 7.64. The first-order valence-corrected chi connectivity index (χ1v) is 11.7. The molecule has 2 rings (SSSR count). The van der Waals surface area contributed by atoms with Gasteiger partial charge in [0.25, 0.3) is 0 Å². The lowest BCUT2D eigenvalue weighted by molar-refractivity contribution is -0.121. The molecule has 156 valence electrons. The van der Waals surface area contributed by atoms with Crippen LogP contribution in [0.1, 0.15) is 45.4 Å². The number of sulfone groups is 1. The van der Waals surface area contributed by atoms with Crippen molar-refractivity contribution < 1.29 is 17.9 Å². The van der Waals surface area contributed by atoms with E-state index in [9.17, 15) is 13.2 Å². The van der Waals surface area contributed by atoms with E-state index in [-0.39, 0.29) is 35.3 Å². The topological polar surface area (TPSA) is 109 Å². The third-order valence-corrected chi connectivity index (χ3v) is 7.18. The van der Waals surface area contributed by atoms with E-state index < -0.39 is 9.84 Å². The van der Waals surface area contributed by atoms with Gasteiger partial charge >= 0.3 is 0 Å². The molecule has 2 aliphatic rings. The van der Waals surface area contributed by atoms with Crippen molar-refractivity contribution in [2.24, 2.45) is 10.4 Å². The molecule has 3 N–H and O–H groups in total. The van der Waals surface area contributed by atoms with Crippen LogP contribution < -0.4 is 16.0 Å². The van der Waals surface area contributed by atoms with Gasteiger partial charge in [0.1, 0.15) is 0 Å². The zero-order chi connectivity index (χ0) is 19.8. The largest absolute Gasteiger partial charge is 0.385 e. The molecule has 0 aromatic heterocycles. The number of rotatable bonds is 10. The normalized spacial score (nSPS) is 23.5. The number of nitrogens with one attached hydrogen (secondary N) is 3. The maximum Gasteiger partial charge on any atom is 0.222 e. The zero-order valence-corrected chi connectivity index (χ0v) is 17.4. The van der Waals surface area contributed by atoms with Crippen molar-refractivity contribution in [3.63, 3.8) is 0 Å². The Hall–Kier alpha value is -1.35. The van der Waals surface area contributed by atoms with Crippen LogP contribution in [0.5, 0.6) is 0 Å². The molecule has 0 aromatic rings. The average Bonchev–Trinajstić information content (AvgIpc) is 2.92. The Morgan fingerprint density at radius 3 is 2.63 bits per heavy atom. The number of guanidine groups is 1. The summed E-state index contributed by atoms with van der Waals surface area (Å²) in [7, 11) is -1.25. The van der Waals surface area contributed by atoms with Gasteiger partial charge in [0.05, 0.1) is 11.5 Å². The van der Waals surface area contributed by atoms with Gasteiger partial charge in [-0.1, -0.05) is 6.42 Å². The van der Waals surface area contributed by atoms with Crippen molar-refractivity contribution in [3.8, 4) is 0 Å². The highest BCUT2D eigenvalue weighted by Crippen LogP contribution is 2.44. The predicted octanol–water partition coefficient (Wildman–Crippen LogP) is 0.442. The number of amides is 1. The molecule has 0 radical (unpaired) electrons. The lowest BCUT2D eigenvalue weighted by Crippen LogP contribution is -2.42. The fraction of sp³-hybridized carbons (Fsp3) is 0.889. The number of hydrogen-bond donors (Lipinski definition) is 3. The van der Waals surface area contributed by atoms with Gasteiger partial charge in [-0.3, -0.25) is 9.79 Å². The summed E-state index contributed by atoms with van der Waals surface area (Å²) in [4.78, 5) is 16.7. The molecule has 0 spiro atoms. The number of carbonyl (C=O) groups excluding carboxylic acids is 1. The molecular formula is C18H34N4O4S. The smallest absolute Gasteiger partial charge is 0.222 e. The van der Waals surface area contributed by atoms with Gasteiger partial charge in [-0.2, -0.15) is 0 Å². The van der Waals surface area contributed by atoms with E-state index in [1.165, 1.54) is 19.3 Å². The summed E-state index contributed by atoms with van der Waals surface area (Å²) in [5, 5.41) is 9.22. The number of ether oxygens (including phenoxy) is 1. The summed E-state index contributed by atoms with van der Waals surface area (Å²) in [5.41, 5.74) is 0.254. The third-order valence-electron chi connectivity index (χ3n) is 5.41. The molecule has 1 saturated heterocycles. The minimum atomic E-state index is -2.98. The highest BCUT2D eigenvalue weighted by molar-refractivity contribution is 7.91. The number of methoxy groups -OCH3 is 1. The quantitative estimate of drug-likeness (QED) is 0.361. The summed E-state index contributed by atoms with van der Waals surface area (Å²) in [6.07, 6.45) is 5.45. The Labute approximate surface area is 162 Å². The Morgan fingerprint density at radius 1 is 1.30 bits per heavy atom. The maximum absolute atomic E-state index is 12.0. The van der Waals surface area contributed by atoms with Crippen LogP contribution in [0.2, 0.25) is 0 Å². The number of hydrogen-bond acceptors (Lipinski definition) is 5. The van der Waals surface area contributed by atoms with Crippen molar-refractivity contribution in [1.82, 2.24) is 16.0 Å². The molecule has 1 amide bonds. The van der Waals surface area contributed by atoms with Gasteiger partial charge in [-0.15, -0.1) is 0 Å². The first-order chi connectivity index (χ1) is 12.9. The molecule has 1 unspecified atom stereocenters. The molecule has 1 atom stereocenters. The van der Waals surface area contributed by atoms with Crippen LogP contribution in [0.15, 0.2) is 4.99 Å². The Morgan fingerprint density at radius 2 is 2.07 bits per heavy atom. The number of carbonyl (C=O) groups is 1. The molecule has 0 bridgehead atoms. The van der Waals surface area contributed by atoms with Crippen molar-refractivity contribution >= 4 is 21.7 Å². The molecule has 1 aliphatic carbocycles. The standard InChI is InChI=1S/C18H34N4O4S/c1-3-19-17(21-14-18(7-4-8-18)9-11-26-2)20-10-5-16(23)22-15-6-12-27(24,25)13-15/h15H,3-14H2,1-2H3,(H,22,23)(H2,19,20,21). The fourth-order valence-electron chi connectivity index (χ4n) is 3.57. The summed E-state index contributed by atoms with van der Waals surface area (Å²) < 4.78 is 28.1. The van der Waals surface area contributed by atoms with E-state index in [0.717, 1.165) is 32.1 Å². The van der Waals surface area contributed by atoms with E-state index in [1.54, 1.807) is 7.11 Å². The van der Waals surface area contributed by atoms with Crippen LogP contribution in [0.3, 0.4) is 0 Å². The van der Waals surface area contributed by atoms with Gasteiger partial charge in [0.15, 0.2) is 15.8 Å². The lowest BCUT2D eigenvalue weighted by Gasteiger charge is -2.40. The van der Waals surface area contributed by atoms with E-state index in [4.69, 9.17) is 9.73 Å². The lowest BCUT2D eigenvalue weighted by atomic mass is 9.67. The van der Waals surface area contributed by atoms with E-state index in [0.29, 0.717) is 13.0 Å². The Kier molecular flexibility index (Phi) is 8.34. The SMILES string of the molecule is CCNC(=NCC1(CCOC)CCC1)NCCC(=O)NC1CCS(=O)(=O)C1. The van der Waals surface area contributed by atoms with E-state index in [1.807, 2.05) is 6.92 Å². The van der Waals surface area contributed by atoms with Crippen LogP contribution in [-0.2, 0) is 19.4 Å². The third kappa shape index (κ3) is 7.29. The van der Waals surface area contributed by atoms with Crippen LogP contribution in [0.25, 0.3) is 0 Å². The highest BCUT2D eigenvalue weighted by atomic mass is 32.2. The Balaban J connectivity index is 1.74. The monoisotopic (exact) mass is 402 g/mol. The molecule has 1 heterocycles. The number of aliphatic imine (C=N–C) groups is 1. The molecule has 1 aliphatic heterocycles. The van der Waals surface area contributed by atoms with Gasteiger partial charge in [0.2, 0.25) is 5.91 Å². The molecule has 1 saturated carbocycles. The second kappa shape index (κ2) is 10.3. The first-order valence-electron chi connectivity index (χ1n) is 9.89. The van der Waals surface area contributed by atoms with Crippen LogP contribution in [-0.4, -0.2) is 71.2 Å². The summed E-state index contributed by atoms with van der Waals surface area (Å²) in [6, 6.07) is -0.247. The first kappa shape index (κ1) is 21.9. The van der Waals surface area contributed by atoms with Gasteiger partial charge < -0.3 is 20.7 Å². The van der Waals surface area contributed by atoms with E-state index in [2.05, 4.69) is 16.0 Å².